The van der Waals surface area contributed by atoms with Gasteiger partial charge in [-0.05, 0) is 31.2 Å². The number of likely N-dealkylation sites (tertiary alicyclic amines) is 1. The van der Waals surface area contributed by atoms with E-state index in [4.69, 9.17) is 0 Å². The summed E-state index contributed by atoms with van der Waals surface area (Å²) < 4.78 is 1.58. The van der Waals surface area contributed by atoms with Crippen LogP contribution >= 0.6 is 0 Å². The molecule has 0 radical (unpaired) electrons. The number of aryl methyl sites for hydroxylation is 2. The van der Waals surface area contributed by atoms with E-state index in [1.165, 1.54) is 12.5 Å². The molecule has 4 rings (SSSR count). The largest absolute Gasteiger partial charge is 0.341 e. The SMILES string of the molecule is O=C(c1cnc[nH]1)N1CC(Cn2nc3c(cc2=O)CCCC3)C1. The first-order chi connectivity index (χ1) is 11.2. The molecule has 23 heavy (non-hydrogen) atoms. The zero-order chi connectivity index (χ0) is 15.8. The Morgan fingerprint density at radius 3 is 2.91 bits per heavy atom. The van der Waals surface area contributed by atoms with Gasteiger partial charge >= 0.3 is 0 Å². The Balaban J connectivity index is 1.41. The number of carbonyl (C=O) groups excluding carboxylic acids is 1. The number of amides is 1. The van der Waals surface area contributed by atoms with Crippen molar-refractivity contribution in [1.82, 2.24) is 24.6 Å². The Morgan fingerprint density at radius 2 is 2.13 bits per heavy atom. The molecule has 1 aliphatic heterocycles. The van der Waals surface area contributed by atoms with Gasteiger partial charge in [0.15, 0.2) is 0 Å². The van der Waals surface area contributed by atoms with Crippen LogP contribution in [0.3, 0.4) is 0 Å². The van der Waals surface area contributed by atoms with Crippen molar-refractivity contribution >= 4 is 5.91 Å². The highest BCUT2D eigenvalue weighted by Crippen LogP contribution is 2.20. The minimum atomic E-state index is -0.0375. The molecule has 2 aliphatic rings. The van der Waals surface area contributed by atoms with Gasteiger partial charge in [0.2, 0.25) is 0 Å². The summed E-state index contributed by atoms with van der Waals surface area (Å²) >= 11 is 0. The van der Waals surface area contributed by atoms with Gasteiger partial charge < -0.3 is 9.88 Å². The lowest BCUT2D eigenvalue weighted by atomic mass is 9.96. The number of carbonyl (C=O) groups is 1. The molecule has 1 fully saturated rings. The van der Waals surface area contributed by atoms with E-state index in [0.717, 1.165) is 36.9 Å². The van der Waals surface area contributed by atoms with Gasteiger partial charge in [-0.3, -0.25) is 9.59 Å². The van der Waals surface area contributed by atoms with Crippen LogP contribution in [-0.4, -0.2) is 43.6 Å². The van der Waals surface area contributed by atoms with E-state index < -0.39 is 0 Å². The number of imidazole rings is 1. The van der Waals surface area contributed by atoms with E-state index in [1.54, 1.807) is 15.6 Å². The number of H-pyrrole nitrogens is 1. The molecule has 0 unspecified atom stereocenters. The predicted octanol–water partition coefficient (Wildman–Crippen LogP) is 0.617. The molecule has 7 nitrogen and oxygen atoms in total. The number of rotatable bonds is 3. The fraction of sp³-hybridized carbons (Fsp3) is 0.500. The highest BCUT2D eigenvalue weighted by molar-refractivity contribution is 5.92. The lowest BCUT2D eigenvalue weighted by Gasteiger charge is -2.39. The number of hydrogen-bond donors (Lipinski definition) is 1. The van der Waals surface area contributed by atoms with Crippen LogP contribution < -0.4 is 5.56 Å². The maximum Gasteiger partial charge on any atom is 0.271 e. The van der Waals surface area contributed by atoms with Crippen molar-refractivity contribution in [1.29, 1.82) is 0 Å². The summed E-state index contributed by atoms with van der Waals surface area (Å²) in [6, 6.07) is 1.74. The molecular weight excluding hydrogens is 294 g/mol. The second-order valence-corrected chi connectivity index (χ2v) is 6.39. The Kier molecular flexibility index (Phi) is 3.48. The van der Waals surface area contributed by atoms with Crippen LogP contribution in [0.4, 0.5) is 0 Å². The first kappa shape index (κ1) is 14.2. The molecule has 0 atom stereocenters. The van der Waals surface area contributed by atoms with Crippen LogP contribution in [0, 0.1) is 5.92 Å². The standard InChI is InChI=1S/C16H19N5O2/c22-15-5-12-3-1-2-4-13(12)19-21(15)9-11-7-20(8-11)16(23)14-6-17-10-18-14/h5-6,10-11H,1-4,7-9H2,(H,17,18). The normalized spacial score (nSPS) is 17.7. The van der Waals surface area contributed by atoms with Crippen LogP contribution in [0.2, 0.25) is 0 Å². The number of aromatic amines is 1. The predicted molar refractivity (Wildman–Crippen MR) is 83.1 cm³/mol. The number of nitrogens with one attached hydrogen (secondary N) is 1. The third-order valence-electron chi connectivity index (χ3n) is 4.68. The van der Waals surface area contributed by atoms with Crippen LogP contribution in [0.25, 0.3) is 0 Å². The molecule has 1 N–H and O–H groups in total. The minimum absolute atomic E-state index is 0.0241. The van der Waals surface area contributed by atoms with E-state index in [9.17, 15) is 9.59 Å². The average Bonchev–Trinajstić information content (AvgIpc) is 3.04. The molecule has 1 saturated heterocycles. The van der Waals surface area contributed by atoms with E-state index in [-0.39, 0.29) is 17.4 Å². The van der Waals surface area contributed by atoms with Gasteiger partial charge in [-0.1, -0.05) is 0 Å². The average molecular weight is 313 g/mol. The van der Waals surface area contributed by atoms with Gasteiger partial charge in [0, 0.05) is 25.1 Å². The zero-order valence-electron chi connectivity index (χ0n) is 12.9. The second-order valence-electron chi connectivity index (χ2n) is 6.39. The number of fused-ring (bicyclic) bond motifs is 1. The van der Waals surface area contributed by atoms with Crippen molar-refractivity contribution < 1.29 is 4.79 Å². The fourth-order valence-corrected chi connectivity index (χ4v) is 3.37. The summed E-state index contributed by atoms with van der Waals surface area (Å²) in [6.07, 6.45) is 7.25. The summed E-state index contributed by atoms with van der Waals surface area (Å²) in [7, 11) is 0. The van der Waals surface area contributed by atoms with Crippen LogP contribution in [0.1, 0.15) is 34.6 Å². The molecule has 120 valence electrons. The van der Waals surface area contributed by atoms with Gasteiger partial charge in [-0.25, -0.2) is 9.67 Å². The summed E-state index contributed by atoms with van der Waals surface area (Å²) in [5.41, 5.74) is 2.67. The first-order valence-corrected chi connectivity index (χ1v) is 8.08. The summed E-state index contributed by atoms with van der Waals surface area (Å²) in [5.74, 6) is 0.248. The highest BCUT2D eigenvalue weighted by Gasteiger charge is 2.32. The summed E-state index contributed by atoms with van der Waals surface area (Å²) in [4.78, 5) is 32.7. The third kappa shape index (κ3) is 2.67. The monoisotopic (exact) mass is 313 g/mol. The van der Waals surface area contributed by atoms with Crippen LogP contribution in [0.5, 0.6) is 0 Å². The van der Waals surface area contributed by atoms with Crippen molar-refractivity contribution in [3.8, 4) is 0 Å². The molecule has 2 aromatic rings. The lowest BCUT2D eigenvalue weighted by Crippen LogP contribution is -2.52. The topological polar surface area (TPSA) is 83.9 Å². The van der Waals surface area contributed by atoms with Crippen molar-refractivity contribution in [3.63, 3.8) is 0 Å². The first-order valence-electron chi connectivity index (χ1n) is 8.08. The molecule has 1 aliphatic carbocycles. The Hall–Kier alpha value is -2.44. The van der Waals surface area contributed by atoms with Crippen molar-refractivity contribution in [3.05, 3.63) is 45.9 Å². The molecule has 7 heteroatoms. The minimum Gasteiger partial charge on any atom is -0.341 e. The Morgan fingerprint density at radius 1 is 1.30 bits per heavy atom. The van der Waals surface area contributed by atoms with Gasteiger partial charge in [0.1, 0.15) is 5.69 Å². The van der Waals surface area contributed by atoms with Crippen molar-refractivity contribution in [2.45, 2.75) is 32.2 Å². The molecule has 0 bridgehead atoms. The van der Waals surface area contributed by atoms with Gasteiger partial charge in [0.25, 0.3) is 11.5 Å². The van der Waals surface area contributed by atoms with Crippen molar-refractivity contribution in [2.24, 2.45) is 5.92 Å². The van der Waals surface area contributed by atoms with Gasteiger partial charge in [0.05, 0.1) is 24.8 Å². The van der Waals surface area contributed by atoms with E-state index in [2.05, 4.69) is 15.1 Å². The molecule has 0 spiro atoms. The van der Waals surface area contributed by atoms with Crippen LogP contribution in [-0.2, 0) is 19.4 Å². The molecule has 3 heterocycles. The third-order valence-corrected chi connectivity index (χ3v) is 4.68. The highest BCUT2D eigenvalue weighted by atomic mass is 16.2. The maximum atomic E-state index is 12.2. The van der Waals surface area contributed by atoms with Crippen LogP contribution in [0.15, 0.2) is 23.4 Å². The smallest absolute Gasteiger partial charge is 0.271 e. The number of aromatic nitrogens is 4. The van der Waals surface area contributed by atoms with E-state index in [1.807, 2.05) is 0 Å². The van der Waals surface area contributed by atoms with Gasteiger partial charge in [-0.2, -0.15) is 5.10 Å². The number of nitrogens with zero attached hydrogens (tertiary/aromatic N) is 4. The Bertz CT molecular complexity index is 774. The summed E-state index contributed by atoms with van der Waals surface area (Å²) in [6.45, 7) is 1.89. The fourth-order valence-electron chi connectivity index (χ4n) is 3.37. The summed E-state index contributed by atoms with van der Waals surface area (Å²) in [5, 5.41) is 4.54. The number of hydrogen-bond acceptors (Lipinski definition) is 4. The second kappa shape index (κ2) is 5.64. The van der Waals surface area contributed by atoms with E-state index in [0.29, 0.717) is 25.3 Å². The molecule has 0 saturated carbocycles. The van der Waals surface area contributed by atoms with E-state index >= 15 is 0 Å². The van der Waals surface area contributed by atoms with Crippen molar-refractivity contribution in [2.75, 3.05) is 13.1 Å². The molecule has 0 aromatic carbocycles. The quantitative estimate of drug-likeness (QED) is 0.900. The van der Waals surface area contributed by atoms with Gasteiger partial charge in [-0.15, -0.1) is 0 Å². The lowest BCUT2D eigenvalue weighted by molar-refractivity contribution is 0.0452. The molecular formula is C16H19N5O2. The Labute approximate surface area is 133 Å². The maximum absolute atomic E-state index is 12.2. The molecule has 1 amide bonds. The zero-order valence-corrected chi connectivity index (χ0v) is 12.9. The molecule has 2 aromatic heterocycles.